The molecular formula is C25H26Cl2FN3O5. The fourth-order valence-electron chi connectivity index (χ4n) is 3.19. The van der Waals surface area contributed by atoms with Gasteiger partial charge in [-0.1, -0.05) is 55.2 Å². The van der Waals surface area contributed by atoms with Crippen LogP contribution in [-0.4, -0.2) is 44.1 Å². The van der Waals surface area contributed by atoms with Gasteiger partial charge in [0.15, 0.2) is 5.69 Å². The van der Waals surface area contributed by atoms with E-state index in [1.54, 1.807) is 31.2 Å². The molecule has 8 nitrogen and oxygen atoms in total. The molecule has 0 spiro atoms. The number of benzene rings is 2. The number of carboxylic acid groups (broad SMARTS) is 1. The van der Waals surface area contributed by atoms with Crippen LogP contribution in [0.5, 0.6) is 5.88 Å². The minimum atomic E-state index is -1.19. The van der Waals surface area contributed by atoms with E-state index in [-0.39, 0.29) is 39.8 Å². The van der Waals surface area contributed by atoms with Gasteiger partial charge in [0.25, 0.3) is 5.91 Å². The summed E-state index contributed by atoms with van der Waals surface area (Å²) in [6.07, 6.45) is -0.461. The van der Waals surface area contributed by atoms with Gasteiger partial charge in [-0.2, -0.15) is 5.10 Å². The van der Waals surface area contributed by atoms with Crippen molar-refractivity contribution in [3.05, 3.63) is 75.7 Å². The molecule has 11 heteroatoms. The van der Waals surface area contributed by atoms with Gasteiger partial charge in [0.1, 0.15) is 12.4 Å². The number of aromatic nitrogens is 2. The third kappa shape index (κ3) is 6.54. The highest BCUT2D eigenvalue weighted by Gasteiger charge is 2.28. The monoisotopic (exact) mass is 537 g/mol. The van der Waals surface area contributed by atoms with Gasteiger partial charge in [0, 0.05) is 6.07 Å². The molecule has 2 atom stereocenters. The Morgan fingerprint density at radius 1 is 1.19 bits per heavy atom. The number of rotatable bonds is 10. The largest absolute Gasteiger partial charge is 0.481 e. The van der Waals surface area contributed by atoms with Crippen LogP contribution in [0.2, 0.25) is 10.0 Å². The quantitative estimate of drug-likeness (QED) is 0.333. The van der Waals surface area contributed by atoms with Crippen LogP contribution in [0, 0.1) is 11.7 Å². The highest BCUT2D eigenvalue weighted by atomic mass is 35.5. The van der Waals surface area contributed by atoms with E-state index in [2.05, 4.69) is 10.4 Å². The van der Waals surface area contributed by atoms with Crippen LogP contribution < -0.4 is 10.1 Å². The Kier molecular flexibility index (Phi) is 8.60. The molecule has 1 aromatic heterocycles. The van der Waals surface area contributed by atoms with Crippen molar-refractivity contribution >= 4 is 35.1 Å². The van der Waals surface area contributed by atoms with Crippen molar-refractivity contribution in [2.45, 2.75) is 38.8 Å². The highest BCUT2D eigenvalue weighted by Crippen LogP contribution is 2.32. The molecule has 0 unspecified atom stereocenters. The Hall–Kier alpha value is -3.14. The van der Waals surface area contributed by atoms with Gasteiger partial charge in [0.05, 0.1) is 33.8 Å². The van der Waals surface area contributed by atoms with Crippen molar-refractivity contribution in [2.75, 3.05) is 6.61 Å². The van der Waals surface area contributed by atoms with E-state index < -0.39 is 35.8 Å². The third-order valence-electron chi connectivity index (χ3n) is 5.76. The number of amides is 1. The first kappa shape index (κ1) is 27.4. The van der Waals surface area contributed by atoms with Crippen molar-refractivity contribution < 1.29 is 28.9 Å². The zero-order valence-corrected chi connectivity index (χ0v) is 21.3. The number of nitrogens with zero attached hydrogens (tertiary/aromatic N) is 2. The second-order valence-electron chi connectivity index (χ2n) is 8.83. The first-order chi connectivity index (χ1) is 16.9. The van der Waals surface area contributed by atoms with E-state index in [9.17, 15) is 24.2 Å². The summed E-state index contributed by atoms with van der Waals surface area (Å²) in [7, 11) is 0. The van der Waals surface area contributed by atoms with Crippen LogP contribution in [-0.2, 0) is 4.79 Å². The number of carbonyl (C=O) groups is 2. The number of nitrogens with one attached hydrogen (secondary N) is 1. The molecule has 0 saturated carbocycles. The van der Waals surface area contributed by atoms with E-state index >= 15 is 0 Å². The molecule has 0 radical (unpaired) electrons. The first-order valence-corrected chi connectivity index (χ1v) is 11.8. The molecule has 0 saturated heterocycles. The Morgan fingerprint density at radius 3 is 2.53 bits per heavy atom. The lowest BCUT2D eigenvalue weighted by atomic mass is 9.94. The van der Waals surface area contributed by atoms with E-state index in [4.69, 9.17) is 27.9 Å². The summed E-state index contributed by atoms with van der Waals surface area (Å²) in [4.78, 5) is 24.6. The van der Waals surface area contributed by atoms with Crippen LogP contribution in [0.25, 0.3) is 5.69 Å². The molecule has 0 aliphatic carbocycles. The summed E-state index contributed by atoms with van der Waals surface area (Å²) in [5, 5.41) is 27.2. The highest BCUT2D eigenvalue weighted by molar-refractivity contribution is 6.42. The fourth-order valence-corrected chi connectivity index (χ4v) is 3.63. The summed E-state index contributed by atoms with van der Waals surface area (Å²) in [6, 6.07) is 10.5. The zero-order valence-electron chi connectivity index (χ0n) is 19.8. The number of hydrogen-bond donors (Lipinski definition) is 3. The normalized spacial score (nSPS) is 13.8. The van der Waals surface area contributed by atoms with Gasteiger partial charge in [-0.3, -0.25) is 9.59 Å². The van der Waals surface area contributed by atoms with Crippen molar-refractivity contribution in [2.24, 2.45) is 5.92 Å². The van der Waals surface area contributed by atoms with Gasteiger partial charge in [-0.15, -0.1) is 0 Å². The average molecular weight is 538 g/mol. The maximum atomic E-state index is 13.9. The number of aliphatic hydroxyl groups is 1. The minimum absolute atomic E-state index is 0.0854. The molecule has 2 aromatic carbocycles. The molecule has 0 bridgehead atoms. The van der Waals surface area contributed by atoms with Crippen molar-refractivity contribution in [1.82, 2.24) is 15.1 Å². The first-order valence-electron chi connectivity index (χ1n) is 11.1. The van der Waals surface area contributed by atoms with Gasteiger partial charge in [-0.05, 0) is 42.7 Å². The minimum Gasteiger partial charge on any atom is -0.481 e. The van der Waals surface area contributed by atoms with Crippen LogP contribution >= 0.6 is 23.2 Å². The lowest BCUT2D eigenvalue weighted by molar-refractivity contribution is -0.137. The number of hydrogen-bond acceptors (Lipinski definition) is 5. The number of carbonyl (C=O) groups excluding carboxylic acids is 1. The number of aliphatic carboxylic acids is 1. The number of halogens is 3. The Labute approximate surface area is 217 Å². The smallest absolute Gasteiger partial charge is 0.305 e. The fraction of sp³-hybridized carbons (Fsp3) is 0.320. The maximum Gasteiger partial charge on any atom is 0.305 e. The molecule has 3 aromatic rings. The molecular weight excluding hydrogens is 512 g/mol. The summed E-state index contributed by atoms with van der Waals surface area (Å²) in [5.41, 5.74) is -0.691. The van der Waals surface area contributed by atoms with Crippen LogP contribution in [0.15, 0.2) is 48.5 Å². The summed E-state index contributed by atoms with van der Waals surface area (Å²) < 4.78 is 20.9. The average Bonchev–Trinajstić information content (AvgIpc) is 3.23. The maximum absolute atomic E-state index is 13.9. The lowest BCUT2D eigenvalue weighted by Crippen LogP contribution is -2.38. The van der Waals surface area contributed by atoms with E-state index in [0.717, 1.165) is 0 Å². The van der Waals surface area contributed by atoms with Gasteiger partial charge < -0.3 is 20.3 Å². The predicted octanol–water partition coefficient (Wildman–Crippen LogP) is 5.05. The van der Waals surface area contributed by atoms with Crippen molar-refractivity contribution in [3.8, 4) is 11.6 Å². The molecule has 0 fully saturated rings. The Balaban J connectivity index is 1.96. The molecule has 3 rings (SSSR count). The Morgan fingerprint density at radius 2 is 1.89 bits per heavy atom. The van der Waals surface area contributed by atoms with E-state index in [1.165, 1.54) is 28.9 Å². The molecule has 1 heterocycles. The third-order valence-corrected chi connectivity index (χ3v) is 6.59. The zero-order chi connectivity index (χ0) is 26.6. The molecule has 3 N–H and O–H groups in total. The predicted molar refractivity (Wildman–Crippen MR) is 133 cm³/mol. The van der Waals surface area contributed by atoms with E-state index in [0.29, 0.717) is 5.56 Å². The topological polar surface area (TPSA) is 114 Å². The van der Waals surface area contributed by atoms with Crippen LogP contribution in [0.3, 0.4) is 0 Å². The Bertz CT molecular complexity index is 1260. The second-order valence-corrected chi connectivity index (χ2v) is 9.61. The molecule has 36 heavy (non-hydrogen) atoms. The number of ether oxygens (including phenoxy) is 1. The summed E-state index contributed by atoms with van der Waals surface area (Å²) in [5.74, 6) is -2.45. The molecule has 1 amide bonds. The molecule has 192 valence electrons. The van der Waals surface area contributed by atoms with Crippen molar-refractivity contribution in [3.63, 3.8) is 0 Å². The van der Waals surface area contributed by atoms with Crippen LogP contribution in [0.4, 0.5) is 4.39 Å². The van der Waals surface area contributed by atoms with Gasteiger partial charge in [-0.25, -0.2) is 9.07 Å². The standard InChI is InChI=1S/C25H26Cl2FN3O5/c1-14(2)25(3,35)13-36-21-11-20(30-31(21)16-7-4-6-15(28)10-16)24(34)29-19(12-22(32)33)17-8-5-9-18(26)23(17)27/h4-11,14,19,35H,12-13H2,1-3H3,(H,29,34)(H,32,33)/t19-,25-/m0/s1. The van der Waals surface area contributed by atoms with Gasteiger partial charge in [0.2, 0.25) is 5.88 Å². The second kappa shape index (κ2) is 11.3. The summed E-state index contributed by atoms with van der Waals surface area (Å²) >= 11 is 12.3. The number of carboxylic acids is 1. The summed E-state index contributed by atoms with van der Waals surface area (Å²) in [6.45, 7) is 5.15. The SMILES string of the molecule is CC(C)[C@@](C)(O)COc1cc(C(=O)N[C@@H](CC(=O)O)c2cccc(Cl)c2Cl)nn1-c1cccc(F)c1. The lowest BCUT2D eigenvalue weighted by Gasteiger charge is -2.27. The van der Waals surface area contributed by atoms with Crippen LogP contribution in [0.1, 0.15) is 49.3 Å². The molecule has 0 aliphatic heterocycles. The van der Waals surface area contributed by atoms with Crippen molar-refractivity contribution in [1.29, 1.82) is 0 Å². The molecule has 0 aliphatic rings. The van der Waals surface area contributed by atoms with E-state index in [1.807, 2.05) is 13.8 Å². The van der Waals surface area contributed by atoms with Gasteiger partial charge >= 0.3 is 5.97 Å².